The van der Waals surface area contributed by atoms with E-state index in [9.17, 15) is 0 Å². The highest BCUT2D eigenvalue weighted by molar-refractivity contribution is 5.71. The highest BCUT2D eigenvalue weighted by Gasteiger charge is 2.26. The summed E-state index contributed by atoms with van der Waals surface area (Å²) in [7, 11) is 3.39. The van der Waals surface area contributed by atoms with Gasteiger partial charge in [-0.05, 0) is 41.2 Å². The Morgan fingerprint density at radius 2 is 1.76 bits per heavy atom. The minimum absolute atomic E-state index is 0.309. The summed E-state index contributed by atoms with van der Waals surface area (Å²) in [6, 6.07) is 10.9. The quantitative estimate of drug-likeness (QED) is 0.568. The van der Waals surface area contributed by atoms with Crippen LogP contribution in [0.25, 0.3) is 17.1 Å². The van der Waals surface area contributed by atoms with Crippen LogP contribution in [0.5, 0.6) is 11.5 Å². The minimum atomic E-state index is 0.309. The van der Waals surface area contributed by atoms with Crippen molar-refractivity contribution in [2.24, 2.45) is 0 Å². The molecule has 174 valence electrons. The first kappa shape index (κ1) is 21.9. The lowest BCUT2D eigenvalue weighted by Crippen LogP contribution is -2.35. The predicted octanol–water partition coefficient (Wildman–Crippen LogP) is 4.01. The van der Waals surface area contributed by atoms with Crippen LogP contribution in [0, 0.1) is 0 Å². The van der Waals surface area contributed by atoms with Crippen LogP contribution in [0.3, 0.4) is 0 Å². The Balaban J connectivity index is 1.55. The van der Waals surface area contributed by atoms with Crippen molar-refractivity contribution in [1.82, 2.24) is 19.7 Å². The Labute approximate surface area is 195 Å². The monoisotopic (exact) mass is 448 g/mol. The van der Waals surface area contributed by atoms with E-state index in [1.165, 1.54) is 11.1 Å². The molecule has 3 aromatic rings. The largest absolute Gasteiger partial charge is 0.496 e. The van der Waals surface area contributed by atoms with Gasteiger partial charge in [0, 0.05) is 32.1 Å². The van der Waals surface area contributed by atoms with Gasteiger partial charge in [0.25, 0.3) is 0 Å². The first-order valence-corrected chi connectivity index (χ1v) is 11.7. The molecule has 2 aliphatic heterocycles. The third-order valence-corrected chi connectivity index (χ3v) is 6.66. The van der Waals surface area contributed by atoms with Gasteiger partial charge >= 0.3 is 0 Å². The van der Waals surface area contributed by atoms with Crippen molar-refractivity contribution < 1.29 is 14.2 Å². The van der Waals surface area contributed by atoms with E-state index in [1.807, 2.05) is 6.07 Å². The van der Waals surface area contributed by atoms with Gasteiger partial charge in [0.2, 0.25) is 0 Å². The molecule has 1 aromatic heterocycles. The molecule has 0 unspecified atom stereocenters. The number of benzene rings is 2. The molecular weight excluding hydrogens is 416 g/mol. The Morgan fingerprint density at radius 1 is 0.970 bits per heavy atom. The summed E-state index contributed by atoms with van der Waals surface area (Å²) in [6.07, 6.45) is 1.85. The lowest BCUT2D eigenvalue weighted by molar-refractivity contribution is 0.0342. The molecule has 0 radical (unpaired) electrons. The molecule has 5 rings (SSSR count). The van der Waals surface area contributed by atoms with Gasteiger partial charge in [0.05, 0.1) is 38.7 Å². The maximum absolute atomic E-state index is 5.75. The molecule has 0 N–H and O–H groups in total. The van der Waals surface area contributed by atoms with E-state index in [-0.39, 0.29) is 0 Å². The zero-order chi connectivity index (χ0) is 22.9. The minimum Gasteiger partial charge on any atom is -0.496 e. The number of hydrogen-bond donors (Lipinski definition) is 0. The Kier molecular flexibility index (Phi) is 6.08. The molecule has 7 heteroatoms. The fourth-order valence-corrected chi connectivity index (χ4v) is 4.88. The summed E-state index contributed by atoms with van der Waals surface area (Å²) in [4.78, 5) is 2.46. The number of ether oxygens (including phenoxy) is 3. The number of fused-ring (bicyclic) bond motifs is 3. The first-order chi connectivity index (χ1) is 16.1. The number of methoxy groups -OCH3 is 2. The zero-order valence-electron chi connectivity index (χ0n) is 19.9. The molecule has 0 atom stereocenters. The number of aromatic nitrogens is 3. The second-order valence-corrected chi connectivity index (χ2v) is 9.08. The number of aryl methyl sites for hydroxylation is 2. The van der Waals surface area contributed by atoms with Crippen LogP contribution < -0.4 is 9.47 Å². The zero-order valence-corrected chi connectivity index (χ0v) is 19.9. The van der Waals surface area contributed by atoms with Crippen LogP contribution in [-0.2, 0) is 24.1 Å². The SMILES string of the molecule is COc1cc(OC)c(C(C)C)cc1-c1nnc2n1-c1ccc(CN3CCOCC3)cc1CC2. The van der Waals surface area contributed by atoms with Crippen molar-refractivity contribution >= 4 is 0 Å². The normalized spacial score (nSPS) is 15.9. The molecule has 2 aliphatic rings. The summed E-state index contributed by atoms with van der Waals surface area (Å²) in [5.41, 5.74) is 5.91. The lowest BCUT2D eigenvalue weighted by Gasteiger charge is -2.27. The molecule has 2 aromatic carbocycles. The smallest absolute Gasteiger partial charge is 0.172 e. The lowest BCUT2D eigenvalue weighted by atomic mass is 9.97. The van der Waals surface area contributed by atoms with E-state index in [1.54, 1.807) is 14.2 Å². The average Bonchev–Trinajstić information content (AvgIpc) is 3.28. The fourth-order valence-electron chi connectivity index (χ4n) is 4.88. The van der Waals surface area contributed by atoms with E-state index in [2.05, 4.69) is 57.8 Å². The second kappa shape index (κ2) is 9.15. The summed E-state index contributed by atoms with van der Waals surface area (Å²) in [5, 5.41) is 9.16. The van der Waals surface area contributed by atoms with Gasteiger partial charge in [-0.15, -0.1) is 10.2 Å². The number of rotatable bonds is 6. The number of morpholine rings is 1. The molecule has 0 bridgehead atoms. The summed E-state index contributed by atoms with van der Waals surface area (Å²) < 4.78 is 19.1. The molecule has 0 aliphatic carbocycles. The van der Waals surface area contributed by atoms with Gasteiger partial charge in [0.1, 0.15) is 17.3 Å². The molecule has 1 saturated heterocycles. The van der Waals surface area contributed by atoms with Crippen molar-refractivity contribution in [3.05, 3.63) is 52.8 Å². The van der Waals surface area contributed by atoms with E-state index in [0.29, 0.717) is 5.92 Å². The van der Waals surface area contributed by atoms with Crippen molar-refractivity contribution in [3.63, 3.8) is 0 Å². The van der Waals surface area contributed by atoms with Crippen LogP contribution in [0.4, 0.5) is 0 Å². The molecule has 3 heterocycles. The van der Waals surface area contributed by atoms with E-state index >= 15 is 0 Å². The molecule has 7 nitrogen and oxygen atoms in total. The second-order valence-electron chi connectivity index (χ2n) is 9.08. The van der Waals surface area contributed by atoms with Crippen molar-refractivity contribution in [2.45, 2.75) is 39.2 Å². The molecule has 0 saturated carbocycles. The molecule has 0 amide bonds. The predicted molar refractivity (Wildman–Crippen MR) is 127 cm³/mol. The van der Waals surface area contributed by atoms with Gasteiger partial charge in [0.15, 0.2) is 5.82 Å². The van der Waals surface area contributed by atoms with Crippen LogP contribution >= 0.6 is 0 Å². The molecule has 1 fully saturated rings. The van der Waals surface area contributed by atoms with Crippen molar-refractivity contribution in [2.75, 3.05) is 40.5 Å². The average molecular weight is 449 g/mol. The molecule has 0 spiro atoms. The Morgan fingerprint density at radius 3 is 2.48 bits per heavy atom. The topological polar surface area (TPSA) is 61.6 Å². The standard InChI is InChI=1S/C26H32N4O3/c1-17(2)20-14-21(24(32-4)15-23(20)31-3)26-28-27-25-8-6-19-13-18(5-7-22(19)30(25)26)16-29-9-11-33-12-10-29/h5,7,13-15,17H,6,8-12,16H2,1-4H3. The maximum atomic E-state index is 5.75. The van der Waals surface area contributed by atoms with Gasteiger partial charge in [-0.1, -0.05) is 26.0 Å². The fraction of sp³-hybridized carbons (Fsp3) is 0.462. The van der Waals surface area contributed by atoms with E-state index < -0.39 is 0 Å². The van der Waals surface area contributed by atoms with Crippen molar-refractivity contribution in [3.8, 4) is 28.6 Å². The summed E-state index contributed by atoms with van der Waals surface area (Å²) in [5.74, 6) is 3.68. The number of hydrogen-bond acceptors (Lipinski definition) is 6. The van der Waals surface area contributed by atoms with Gasteiger partial charge in [-0.3, -0.25) is 9.47 Å². The third-order valence-electron chi connectivity index (χ3n) is 6.66. The van der Waals surface area contributed by atoms with Crippen LogP contribution in [0.1, 0.15) is 42.3 Å². The highest BCUT2D eigenvalue weighted by atomic mass is 16.5. The molecular formula is C26H32N4O3. The number of nitrogens with zero attached hydrogens (tertiary/aromatic N) is 4. The highest BCUT2D eigenvalue weighted by Crippen LogP contribution is 2.40. The maximum Gasteiger partial charge on any atom is 0.172 e. The van der Waals surface area contributed by atoms with E-state index in [0.717, 1.165) is 85.7 Å². The summed E-state index contributed by atoms with van der Waals surface area (Å²) >= 11 is 0. The first-order valence-electron chi connectivity index (χ1n) is 11.7. The molecule has 33 heavy (non-hydrogen) atoms. The van der Waals surface area contributed by atoms with Crippen LogP contribution in [0.15, 0.2) is 30.3 Å². The Bertz CT molecular complexity index is 1150. The van der Waals surface area contributed by atoms with Crippen LogP contribution in [-0.4, -0.2) is 60.2 Å². The Hall–Kier alpha value is -2.90. The van der Waals surface area contributed by atoms with Crippen LogP contribution in [0.2, 0.25) is 0 Å². The van der Waals surface area contributed by atoms with Crippen molar-refractivity contribution in [1.29, 1.82) is 0 Å². The van der Waals surface area contributed by atoms with Gasteiger partial charge in [-0.25, -0.2) is 0 Å². The van der Waals surface area contributed by atoms with E-state index in [4.69, 9.17) is 14.2 Å². The van der Waals surface area contributed by atoms with Gasteiger partial charge in [-0.2, -0.15) is 0 Å². The van der Waals surface area contributed by atoms with Gasteiger partial charge < -0.3 is 14.2 Å². The third kappa shape index (κ3) is 4.11. The summed E-state index contributed by atoms with van der Waals surface area (Å²) in [6.45, 7) is 8.92.